The van der Waals surface area contributed by atoms with Gasteiger partial charge in [0.05, 0.1) is 6.54 Å². The Hall–Kier alpha value is -1.01. The molecule has 0 radical (unpaired) electrons. The number of rotatable bonds is 4. The molecule has 0 spiro atoms. The fraction of sp³-hybridized carbons (Fsp3) is 0.750. The van der Waals surface area contributed by atoms with Crippen LogP contribution in [0.5, 0.6) is 0 Å². The molecule has 0 heterocycles. The Morgan fingerprint density at radius 2 is 2.13 bits per heavy atom. The number of carbonyl (C=O) groups is 1. The highest BCUT2D eigenvalue weighted by Crippen LogP contribution is 2.30. The molecule has 1 aliphatic carbocycles. The van der Waals surface area contributed by atoms with Crippen LogP contribution in [0.15, 0.2) is 0 Å². The molecule has 1 aliphatic rings. The Morgan fingerprint density at radius 1 is 1.53 bits per heavy atom. The summed E-state index contributed by atoms with van der Waals surface area (Å²) in [7, 11) is 0. The molecule has 0 aromatic carbocycles. The van der Waals surface area contributed by atoms with E-state index in [0.29, 0.717) is 6.54 Å². The van der Waals surface area contributed by atoms with Crippen molar-refractivity contribution in [3.63, 3.8) is 0 Å². The van der Waals surface area contributed by atoms with Gasteiger partial charge in [-0.1, -0.05) is 25.7 Å². The molecule has 0 bridgehead atoms. The van der Waals surface area contributed by atoms with Crippen molar-refractivity contribution in [2.45, 2.75) is 38.6 Å². The summed E-state index contributed by atoms with van der Waals surface area (Å²) in [5.74, 6) is 2.63. The fourth-order valence-electron chi connectivity index (χ4n) is 2.24. The molecule has 0 aromatic rings. The summed E-state index contributed by atoms with van der Waals surface area (Å²) < 4.78 is 0. The first-order valence-electron chi connectivity index (χ1n) is 5.54. The van der Waals surface area contributed by atoms with Gasteiger partial charge >= 0.3 is 5.97 Å². The highest BCUT2D eigenvalue weighted by molar-refractivity contribution is 5.73. The molecule has 1 fully saturated rings. The second-order valence-corrected chi connectivity index (χ2v) is 4.42. The van der Waals surface area contributed by atoms with E-state index in [2.05, 4.69) is 18.2 Å². The highest BCUT2D eigenvalue weighted by Gasteiger charge is 2.30. The van der Waals surface area contributed by atoms with Crippen molar-refractivity contribution in [3.8, 4) is 12.3 Å². The van der Waals surface area contributed by atoms with Gasteiger partial charge in [-0.2, -0.15) is 0 Å². The van der Waals surface area contributed by atoms with Crippen LogP contribution in [0.2, 0.25) is 0 Å². The minimum Gasteiger partial charge on any atom is -0.480 e. The van der Waals surface area contributed by atoms with Crippen LogP contribution in [0.4, 0.5) is 0 Å². The zero-order valence-corrected chi connectivity index (χ0v) is 9.20. The summed E-state index contributed by atoms with van der Waals surface area (Å²) in [5, 5.41) is 12.0. The minimum atomic E-state index is -0.773. The van der Waals surface area contributed by atoms with E-state index < -0.39 is 12.0 Å². The Labute approximate surface area is 91.3 Å². The zero-order chi connectivity index (χ0) is 11.3. The van der Waals surface area contributed by atoms with Gasteiger partial charge in [0, 0.05) is 0 Å². The van der Waals surface area contributed by atoms with Gasteiger partial charge in [-0.15, -0.1) is 6.42 Å². The number of carboxylic acids is 1. The molecule has 2 N–H and O–H groups in total. The van der Waals surface area contributed by atoms with Crippen molar-refractivity contribution >= 4 is 5.97 Å². The quantitative estimate of drug-likeness (QED) is 0.690. The number of nitrogens with one attached hydrogen (secondary N) is 1. The van der Waals surface area contributed by atoms with E-state index >= 15 is 0 Å². The third-order valence-electron chi connectivity index (χ3n) is 3.22. The summed E-state index contributed by atoms with van der Waals surface area (Å²) in [5.41, 5.74) is 0. The van der Waals surface area contributed by atoms with Crippen LogP contribution in [-0.4, -0.2) is 23.7 Å². The number of hydrogen-bond donors (Lipinski definition) is 2. The lowest BCUT2D eigenvalue weighted by atomic mass is 9.79. The molecule has 0 aromatic heterocycles. The predicted octanol–water partition coefficient (Wildman–Crippen LogP) is 1.49. The van der Waals surface area contributed by atoms with Crippen LogP contribution in [0.25, 0.3) is 0 Å². The van der Waals surface area contributed by atoms with Gasteiger partial charge < -0.3 is 5.11 Å². The molecular formula is C12H19NO2. The third-order valence-corrected chi connectivity index (χ3v) is 3.22. The van der Waals surface area contributed by atoms with Gasteiger partial charge in [0.2, 0.25) is 0 Å². The van der Waals surface area contributed by atoms with E-state index in [1.807, 2.05) is 0 Å². The van der Waals surface area contributed by atoms with Crippen LogP contribution < -0.4 is 5.32 Å². The third kappa shape index (κ3) is 3.56. The van der Waals surface area contributed by atoms with Gasteiger partial charge in [0.25, 0.3) is 0 Å². The molecule has 1 saturated carbocycles. The Bertz CT molecular complexity index is 249. The maximum absolute atomic E-state index is 11.1. The van der Waals surface area contributed by atoms with Crippen molar-refractivity contribution in [3.05, 3.63) is 0 Å². The Morgan fingerprint density at radius 3 is 2.60 bits per heavy atom. The summed E-state index contributed by atoms with van der Waals surface area (Å²) in [6.45, 7) is 2.56. The molecule has 3 heteroatoms. The van der Waals surface area contributed by atoms with Crippen molar-refractivity contribution < 1.29 is 9.90 Å². The van der Waals surface area contributed by atoms with E-state index in [-0.39, 0.29) is 5.92 Å². The number of hydrogen-bond acceptors (Lipinski definition) is 2. The van der Waals surface area contributed by atoms with E-state index in [9.17, 15) is 4.79 Å². The average Bonchev–Trinajstić information content (AvgIpc) is 2.21. The lowest BCUT2D eigenvalue weighted by Gasteiger charge is -2.30. The number of carboxylic acid groups (broad SMARTS) is 1. The largest absolute Gasteiger partial charge is 0.480 e. The molecule has 0 saturated heterocycles. The lowest BCUT2D eigenvalue weighted by Crippen LogP contribution is -2.44. The first kappa shape index (κ1) is 12.1. The lowest BCUT2D eigenvalue weighted by molar-refractivity contribution is -0.141. The summed E-state index contributed by atoms with van der Waals surface area (Å²) in [6, 6.07) is -0.464. The molecular weight excluding hydrogens is 190 g/mol. The zero-order valence-electron chi connectivity index (χ0n) is 9.20. The summed E-state index contributed by atoms with van der Waals surface area (Å²) in [4.78, 5) is 11.1. The van der Waals surface area contributed by atoms with E-state index in [1.54, 1.807) is 0 Å². The van der Waals surface area contributed by atoms with Gasteiger partial charge in [0.15, 0.2) is 0 Å². The van der Waals surface area contributed by atoms with Crippen molar-refractivity contribution in [1.29, 1.82) is 0 Å². The molecule has 1 rings (SSSR count). The van der Waals surface area contributed by atoms with Crippen molar-refractivity contribution in [2.24, 2.45) is 11.8 Å². The van der Waals surface area contributed by atoms with Crippen LogP contribution in [0.1, 0.15) is 32.6 Å². The van der Waals surface area contributed by atoms with Crippen LogP contribution in [-0.2, 0) is 4.79 Å². The maximum Gasteiger partial charge on any atom is 0.321 e. The Kier molecular flexibility index (Phi) is 4.64. The Balaban J connectivity index is 2.49. The van der Waals surface area contributed by atoms with Gasteiger partial charge in [-0.25, -0.2) is 0 Å². The molecule has 3 nitrogen and oxygen atoms in total. The highest BCUT2D eigenvalue weighted by atomic mass is 16.4. The predicted molar refractivity (Wildman–Crippen MR) is 59.4 cm³/mol. The van der Waals surface area contributed by atoms with E-state index in [4.69, 9.17) is 11.5 Å². The fourth-order valence-corrected chi connectivity index (χ4v) is 2.24. The molecule has 0 aliphatic heterocycles. The second kappa shape index (κ2) is 5.77. The standard InChI is InChI=1S/C12H19NO2/c1-3-8-13-11(12(14)15)10-6-4-9(2)5-7-10/h1,9-11,13H,4-8H2,2H3,(H,14,15). The minimum absolute atomic E-state index is 0.243. The van der Waals surface area contributed by atoms with Crippen LogP contribution in [0, 0.1) is 24.2 Å². The topological polar surface area (TPSA) is 49.3 Å². The van der Waals surface area contributed by atoms with Crippen LogP contribution >= 0.6 is 0 Å². The molecule has 1 unspecified atom stereocenters. The molecule has 0 amide bonds. The second-order valence-electron chi connectivity index (χ2n) is 4.42. The molecule has 1 atom stereocenters. The van der Waals surface area contributed by atoms with E-state index in [1.165, 1.54) is 0 Å². The normalized spacial score (nSPS) is 28.0. The molecule has 84 valence electrons. The first-order chi connectivity index (χ1) is 7.15. The summed E-state index contributed by atoms with van der Waals surface area (Å²) in [6.07, 6.45) is 9.38. The first-order valence-corrected chi connectivity index (χ1v) is 5.54. The smallest absolute Gasteiger partial charge is 0.321 e. The van der Waals surface area contributed by atoms with Crippen molar-refractivity contribution in [2.75, 3.05) is 6.54 Å². The monoisotopic (exact) mass is 209 g/mol. The number of aliphatic carboxylic acids is 1. The van der Waals surface area contributed by atoms with Crippen LogP contribution in [0.3, 0.4) is 0 Å². The van der Waals surface area contributed by atoms with E-state index in [0.717, 1.165) is 31.6 Å². The van der Waals surface area contributed by atoms with Crippen molar-refractivity contribution in [1.82, 2.24) is 5.32 Å². The maximum atomic E-state index is 11.1. The number of terminal acetylenes is 1. The SMILES string of the molecule is C#CCNC(C(=O)O)C1CCC(C)CC1. The van der Waals surface area contributed by atoms with Gasteiger partial charge in [-0.05, 0) is 24.7 Å². The van der Waals surface area contributed by atoms with Gasteiger partial charge in [-0.3, -0.25) is 10.1 Å². The summed E-state index contributed by atoms with van der Waals surface area (Å²) >= 11 is 0. The molecule has 15 heavy (non-hydrogen) atoms. The average molecular weight is 209 g/mol. The van der Waals surface area contributed by atoms with Gasteiger partial charge in [0.1, 0.15) is 6.04 Å².